The number of cyclic esters (lactones) is 1. The van der Waals surface area contributed by atoms with Gasteiger partial charge in [0.15, 0.2) is 0 Å². The van der Waals surface area contributed by atoms with Gasteiger partial charge in [-0.15, -0.1) is 0 Å². The molecule has 0 bridgehead atoms. The molecule has 0 spiro atoms. The standard InChI is InChI=1S/C23H29NO8/c1-13-7-8-19(27)22(29)18(26)6-4-5-16-11-17(31-10-9-24-15(3)25)12-20(28)21(16)23(30)32-14(13)2/h11-14,28H,4-10H2,1-3H3,(H,24,25)/t13-,14-/m0/s1. The lowest BCUT2D eigenvalue weighted by Crippen LogP contribution is -2.27. The Kier molecular flexibility index (Phi) is 8.92. The summed E-state index contributed by atoms with van der Waals surface area (Å²) in [6.45, 7) is 5.23. The van der Waals surface area contributed by atoms with Crippen molar-refractivity contribution >= 4 is 29.2 Å². The van der Waals surface area contributed by atoms with E-state index in [-0.39, 0.29) is 74.1 Å². The highest BCUT2D eigenvalue weighted by Crippen LogP contribution is 2.31. The summed E-state index contributed by atoms with van der Waals surface area (Å²) in [5.41, 5.74) is 0.373. The second kappa shape index (κ2) is 11.4. The van der Waals surface area contributed by atoms with Gasteiger partial charge in [0.25, 0.3) is 5.78 Å². The molecule has 1 aliphatic heterocycles. The smallest absolute Gasteiger partial charge is 0.342 e. The summed E-state index contributed by atoms with van der Waals surface area (Å²) in [6, 6.07) is 2.85. The minimum Gasteiger partial charge on any atom is -0.507 e. The predicted octanol–water partition coefficient (Wildman–Crippen LogP) is 1.91. The number of fused-ring (bicyclic) bond motifs is 1. The molecule has 0 radical (unpaired) electrons. The van der Waals surface area contributed by atoms with E-state index >= 15 is 0 Å². The molecule has 2 N–H and O–H groups in total. The maximum atomic E-state index is 12.8. The summed E-state index contributed by atoms with van der Waals surface area (Å²) < 4.78 is 11.1. The zero-order valence-electron chi connectivity index (χ0n) is 18.6. The molecule has 0 saturated carbocycles. The number of esters is 1. The van der Waals surface area contributed by atoms with Gasteiger partial charge in [0.2, 0.25) is 17.5 Å². The van der Waals surface area contributed by atoms with Crippen LogP contribution in [0.2, 0.25) is 0 Å². The van der Waals surface area contributed by atoms with Crippen LogP contribution in [0.3, 0.4) is 0 Å². The van der Waals surface area contributed by atoms with Crippen LogP contribution in [0.15, 0.2) is 12.1 Å². The van der Waals surface area contributed by atoms with E-state index in [9.17, 15) is 29.1 Å². The largest absolute Gasteiger partial charge is 0.507 e. The summed E-state index contributed by atoms with van der Waals surface area (Å²) >= 11 is 0. The summed E-state index contributed by atoms with van der Waals surface area (Å²) in [6.07, 6.45) is -0.165. The second-order valence-corrected chi connectivity index (χ2v) is 7.96. The lowest BCUT2D eigenvalue weighted by atomic mass is 9.94. The van der Waals surface area contributed by atoms with Gasteiger partial charge in [-0.05, 0) is 43.7 Å². The molecule has 2 rings (SSSR count). The molecule has 0 unspecified atom stereocenters. The SMILES string of the molecule is CC(=O)NCCOc1cc(O)c2c(c1)CCCC(=O)C(=O)C(=O)CC[C@H](C)[C@H](C)OC2=O. The molecule has 0 saturated heterocycles. The van der Waals surface area contributed by atoms with Gasteiger partial charge in [-0.2, -0.15) is 0 Å². The van der Waals surface area contributed by atoms with Crippen molar-refractivity contribution in [3.63, 3.8) is 0 Å². The Labute approximate surface area is 186 Å². The topological polar surface area (TPSA) is 136 Å². The maximum Gasteiger partial charge on any atom is 0.342 e. The highest BCUT2D eigenvalue weighted by atomic mass is 16.5. The van der Waals surface area contributed by atoms with Crippen LogP contribution in [-0.2, 0) is 30.3 Å². The van der Waals surface area contributed by atoms with Crippen molar-refractivity contribution in [3.05, 3.63) is 23.3 Å². The Morgan fingerprint density at radius 1 is 1.12 bits per heavy atom. The van der Waals surface area contributed by atoms with Crippen molar-refractivity contribution in [2.45, 2.75) is 59.0 Å². The van der Waals surface area contributed by atoms with E-state index in [4.69, 9.17) is 9.47 Å². The molecule has 0 aromatic heterocycles. The van der Waals surface area contributed by atoms with Gasteiger partial charge < -0.3 is 19.9 Å². The Bertz CT molecular complexity index is 908. The van der Waals surface area contributed by atoms with Gasteiger partial charge in [-0.1, -0.05) is 6.92 Å². The Morgan fingerprint density at radius 2 is 1.81 bits per heavy atom. The summed E-state index contributed by atoms with van der Waals surface area (Å²) in [5.74, 6) is -3.70. The number of hydrogen-bond donors (Lipinski definition) is 2. The van der Waals surface area contributed by atoms with Crippen molar-refractivity contribution in [1.29, 1.82) is 0 Å². The van der Waals surface area contributed by atoms with E-state index in [0.717, 1.165) is 0 Å². The van der Waals surface area contributed by atoms with E-state index < -0.39 is 29.4 Å². The third-order valence-corrected chi connectivity index (χ3v) is 5.40. The molecular weight excluding hydrogens is 418 g/mol. The van der Waals surface area contributed by atoms with Gasteiger partial charge in [-0.25, -0.2) is 4.79 Å². The molecule has 9 heteroatoms. The van der Waals surface area contributed by atoms with Crippen LogP contribution < -0.4 is 10.1 Å². The number of amides is 1. The van der Waals surface area contributed by atoms with Crippen LogP contribution >= 0.6 is 0 Å². The van der Waals surface area contributed by atoms with Gasteiger partial charge in [0.05, 0.1) is 6.54 Å². The number of aromatic hydroxyl groups is 1. The normalized spacial score (nSPS) is 20.7. The highest BCUT2D eigenvalue weighted by Gasteiger charge is 2.27. The third-order valence-electron chi connectivity index (χ3n) is 5.40. The molecule has 1 aliphatic rings. The number of nitrogens with one attached hydrogen (secondary N) is 1. The zero-order valence-corrected chi connectivity index (χ0v) is 18.6. The number of benzene rings is 1. The van der Waals surface area contributed by atoms with Crippen LogP contribution in [0.5, 0.6) is 11.5 Å². The monoisotopic (exact) mass is 447 g/mol. The van der Waals surface area contributed by atoms with E-state index in [1.54, 1.807) is 19.9 Å². The van der Waals surface area contributed by atoms with Crippen molar-refractivity contribution in [3.8, 4) is 11.5 Å². The molecule has 1 aromatic rings. The summed E-state index contributed by atoms with van der Waals surface area (Å²) in [4.78, 5) is 59.9. The number of aryl methyl sites for hydroxylation is 1. The molecular formula is C23H29NO8. The fraction of sp³-hybridized carbons (Fsp3) is 0.522. The van der Waals surface area contributed by atoms with Gasteiger partial charge in [0.1, 0.15) is 29.8 Å². The Morgan fingerprint density at radius 3 is 2.50 bits per heavy atom. The highest BCUT2D eigenvalue weighted by molar-refractivity contribution is 6.63. The average Bonchev–Trinajstić information content (AvgIpc) is 2.72. The number of phenols is 1. The van der Waals surface area contributed by atoms with Crippen molar-refractivity contribution in [2.75, 3.05) is 13.2 Å². The number of rotatable bonds is 4. The third kappa shape index (κ3) is 6.90. The van der Waals surface area contributed by atoms with Gasteiger partial charge in [0, 0.05) is 25.8 Å². The van der Waals surface area contributed by atoms with E-state index in [1.165, 1.54) is 13.0 Å². The van der Waals surface area contributed by atoms with Crippen molar-refractivity contribution in [1.82, 2.24) is 5.32 Å². The number of carbonyl (C=O) groups is 5. The Hall–Kier alpha value is -3.23. The number of hydrogen-bond acceptors (Lipinski definition) is 8. The molecule has 1 heterocycles. The van der Waals surface area contributed by atoms with Gasteiger partial charge in [-0.3, -0.25) is 19.2 Å². The number of phenolic OH excluding ortho intramolecular Hbond substituents is 1. The first-order valence-corrected chi connectivity index (χ1v) is 10.6. The molecule has 32 heavy (non-hydrogen) atoms. The number of Topliss-reactive ketones (excluding diaryl/α,β-unsaturated/α-hetero) is 3. The quantitative estimate of drug-likeness (QED) is 0.406. The van der Waals surface area contributed by atoms with Crippen LogP contribution in [0.4, 0.5) is 0 Å². The lowest BCUT2D eigenvalue weighted by molar-refractivity contribution is -0.144. The second-order valence-electron chi connectivity index (χ2n) is 7.96. The fourth-order valence-corrected chi connectivity index (χ4v) is 3.33. The first-order chi connectivity index (χ1) is 15.1. The first kappa shape index (κ1) is 25.0. The zero-order chi connectivity index (χ0) is 23.8. The Balaban J connectivity index is 2.30. The molecule has 9 nitrogen and oxygen atoms in total. The fourth-order valence-electron chi connectivity index (χ4n) is 3.33. The first-order valence-electron chi connectivity index (χ1n) is 10.6. The summed E-state index contributed by atoms with van der Waals surface area (Å²) in [5, 5.41) is 13.1. The number of ether oxygens (including phenoxy) is 2. The van der Waals surface area contributed by atoms with Crippen LogP contribution in [0.25, 0.3) is 0 Å². The van der Waals surface area contributed by atoms with Crippen LogP contribution in [-0.4, -0.2) is 53.6 Å². The van der Waals surface area contributed by atoms with Gasteiger partial charge >= 0.3 is 5.97 Å². The van der Waals surface area contributed by atoms with Crippen molar-refractivity contribution in [2.24, 2.45) is 5.92 Å². The minimum atomic E-state index is -1.00. The molecule has 0 aliphatic carbocycles. The maximum absolute atomic E-state index is 12.8. The number of carbonyl (C=O) groups excluding carboxylic acids is 5. The lowest BCUT2D eigenvalue weighted by Gasteiger charge is -2.22. The molecule has 174 valence electrons. The van der Waals surface area contributed by atoms with E-state index in [0.29, 0.717) is 5.56 Å². The molecule has 0 fully saturated rings. The van der Waals surface area contributed by atoms with Crippen molar-refractivity contribution < 1.29 is 38.6 Å². The predicted molar refractivity (Wildman–Crippen MR) is 114 cm³/mol. The van der Waals surface area contributed by atoms with E-state index in [2.05, 4.69) is 5.32 Å². The minimum absolute atomic E-state index is 0.0230. The molecule has 1 amide bonds. The summed E-state index contributed by atoms with van der Waals surface area (Å²) in [7, 11) is 0. The average molecular weight is 447 g/mol. The van der Waals surface area contributed by atoms with Crippen LogP contribution in [0, 0.1) is 5.92 Å². The molecule has 1 aromatic carbocycles. The number of ketones is 3. The van der Waals surface area contributed by atoms with Crippen LogP contribution in [0.1, 0.15) is 62.4 Å². The van der Waals surface area contributed by atoms with E-state index in [1.807, 2.05) is 0 Å². The molecule has 2 atom stereocenters.